The first kappa shape index (κ1) is 18.8. The monoisotopic (exact) mass is 420 g/mol. The molecule has 0 aliphatic carbocycles. The van der Waals surface area contributed by atoms with E-state index >= 15 is 0 Å². The largest absolute Gasteiger partial charge is 0.505 e. The van der Waals surface area contributed by atoms with Gasteiger partial charge in [0.05, 0.1) is 16.6 Å². The number of ether oxygens (including phenoxy) is 1. The molecule has 2 rings (SSSR count). The number of carbonyl (C=O) groups excluding carboxylic acids is 1. The first-order valence-corrected chi connectivity index (χ1v) is 8.32. The minimum Gasteiger partial charge on any atom is -0.505 e. The zero-order chi connectivity index (χ0) is 18.4. The molecular weight excluding hydrogens is 408 g/mol. The molecule has 0 aromatic heterocycles. The van der Waals surface area contributed by atoms with Crippen molar-refractivity contribution in [3.8, 4) is 17.6 Å². The van der Waals surface area contributed by atoms with Crippen LogP contribution >= 0.6 is 27.5 Å². The SMILES string of the molecule is COc1ccc(CNC(=O)/C(C#N)=C\c2cc(Cl)c(O)c(Br)c2)cc1. The van der Waals surface area contributed by atoms with Gasteiger partial charge in [-0.25, -0.2) is 0 Å². The van der Waals surface area contributed by atoms with Gasteiger partial charge in [-0.2, -0.15) is 5.26 Å². The molecule has 7 heteroatoms. The Morgan fingerprint density at radius 1 is 1.40 bits per heavy atom. The van der Waals surface area contributed by atoms with Crippen molar-refractivity contribution in [1.29, 1.82) is 5.26 Å². The van der Waals surface area contributed by atoms with Crippen LogP contribution in [-0.2, 0) is 11.3 Å². The number of hydrogen-bond acceptors (Lipinski definition) is 4. The predicted octanol–water partition coefficient (Wildman–Crippen LogP) is 4.04. The van der Waals surface area contributed by atoms with Gasteiger partial charge in [-0.3, -0.25) is 4.79 Å². The first-order chi connectivity index (χ1) is 11.9. The summed E-state index contributed by atoms with van der Waals surface area (Å²) >= 11 is 9.05. The molecule has 0 fully saturated rings. The Bertz CT molecular complexity index is 835. The van der Waals surface area contributed by atoms with Gasteiger partial charge in [0, 0.05) is 6.54 Å². The number of rotatable bonds is 5. The van der Waals surface area contributed by atoms with Crippen molar-refractivity contribution in [2.45, 2.75) is 6.54 Å². The van der Waals surface area contributed by atoms with Crippen molar-refractivity contribution < 1.29 is 14.6 Å². The summed E-state index contributed by atoms with van der Waals surface area (Å²) in [7, 11) is 1.58. The van der Waals surface area contributed by atoms with E-state index in [2.05, 4.69) is 21.2 Å². The van der Waals surface area contributed by atoms with E-state index in [1.165, 1.54) is 12.1 Å². The third kappa shape index (κ3) is 4.99. The molecule has 0 heterocycles. The zero-order valence-electron chi connectivity index (χ0n) is 13.2. The number of amides is 1. The van der Waals surface area contributed by atoms with Crippen LogP contribution in [0.25, 0.3) is 6.08 Å². The van der Waals surface area contributed by atoms with Crippen molar-refractivity contribution >= 4 is 39.5 Å². The van der Waals surface area contributed by atoms with Crippen LogP contribution in [0.5, 0.6) is 11.5 Å². The fraction of sp³-hybridized carbons (Fsp3) is 0.111. The average molecular weight is 422 g/mol. The molecule has 0 saturated carbocycles. The molecule has 0 aliphatic rings. The zero-order valence-corrected chi connectivity index (χ0v) is 15.6. The summed E-state index contributed by atoms with van der Waals surface area (Å²) in [6.45, 7) is 0.280. The van der Waals surface area contributed by atoms with Crippen LogP contribution in [0.15, 0.2) is 46.4 Å². The molecule has 1 amide bonds. The van der Waals surface area contributed by atoms with E-state index in [-0.39, 0.29) is 22.9 Å². The molecule has 2 aromatic carbocycles. The highest BCUT2D eigenvalue weighted by Crippen LogP contribution is 2.33. The Labute approximate surface area is 158 Å². The summed E-state index contributed by atoms with van der Waals surface area (Å²) in [6, 6.07) is 12.1. The molecular formula is C18H14BrClN2O3. The molecule has 0 saturated heterocycles. The average Bonchev–Trinajstić information content (AvgIpc) is 2.62. The van der Waals surface area contributed by atoms with Gasteiger partial charge in [0.15, 0.2) is 0 Å². The van der Waals surface area contributed by atoms with E-state index in [0.29, 0.717) is 10.0 Å². The van der Waals surface area contributed by atoms with E-state index in [9.17, 15) is 15.2 Å². The van der Waals surface area contributed by atoms with Gasteiger partial charge < -0.3 is 15.2 Å². The number of halogens is 2. The number of benzene rings is 2. The number of methoxy groups -OCH3 is 1. The van der Waals surface area contributed by atoms with Crippen LogP contribution in [0, 0.1) is 11.3 Å². The lowest BCUT2D eigenvalue weighted by atomic mass is 10.1. The molecule has 0 spiro atoms. The maximum atomic E-state index is 12.2. The highest BCUT2D eigenvalue weighted by Gasteiger charge is 2.11. The highest BCUT2D eigenvalue weighted by molar-refractivity contribution is 9.10. The van der Waals surface area contributed by atoms with Gasteiger partial charge in [-0.05, 0) is 57.4 Å². The molecule has 2 N–H and O–H groups in total. The maximum Gasteiger partial charge on any atom is 0.262 e. The van der Waals surface area contributed by atoms with Gasteiger partial charge in [0.2, 0.25) is 0 Å². The highest BCUT2D eigenvalue weighted by atomic mass is 79.9. The van der Waals surface area contributed by atoms with Crippen LogP contribution in [-0.4, -0.2) is 18.1 Å². The van der Waals surface area contributed by atoms with Crippen LogP contribution in [0.4, 0.5) is 0 Å². The van der Waals surface area contributed by atoms with Crippen molar-refractivity contribution in [2.24, 2.45) is 0 Å². The Kier molecular flexibility index (Phi) is 6.45. The fourth-order valence-electron chi connectivity index (χ4n) is 2.00. The Balaban J connectivity index is 2.11. The quantitative estimate of drug-likeness (QED) is 0.564. The minimum absolute atomic E-state index is 0.0674. The van der Waals surface area contributed by atoms with Crippen LogP contribution in [0.2, 0.25) is 5.02 Å². The lowest BCUT2D eigenvalue weighted by molar-refractivity contribution is -0.117. The molecule has 25 heavy (non-hydrogen) atoms. The van der Waals surface area contributed by atoms with Gasteiger partial charge in [-0.15, -0.1) is 0 Å². The molecule has 0 aliphatic heterocycles. The van der Waals surface area contributed by atoms with Crippen molar-refractivity contribution in [3.63, 3.8) is 0 Å². The number of phenols is 1. The number of carbonyl (C=O) groups is 1. The summed E-state index contributed by atoms with van der Waals surface area (Å²) in [5.74, 6) is 0.127. The standard InChI is InChI=1S/C18H14BrClN2O3/c1-25-14-4-2-11(3-5-14)10-22-18(24)13(9-21)6-12-7-15(19)17(23)16(20)8-12/h2-8,23H,10H2,1H3,(H,22,24)/b13-6-. The third-order valence-electron chi connectivity index (χ3n) is 3.33. The second-order valence-corrected chi connectivity index (χ2v) is 6.30. The number of nitriles is 1. The lowest BCUT2D eigenvalue weighted by Crippen LogP contribution is -2.23. The van der Waals surface area contributed by atoms with Gasteiger partial charge >= 0.3 is 0 Å². The molecule has 0 radical (unpaired) electrons. The van der Waals surface area contributed by atoms with Gasteiger partial charge in [0.1, 0.15) is 23.1 Å². The minimum atomic E-state index is -0.501. The van der Waals surface area contributed by atoms with E-state index in [4.69, 9.17) is 16.3 Å². The topological polar surface area (TPSA) is 82.3 Å². The second kappa shape index (κ2) is 8.56. The smallest absolute Gasteiger partial charge is 0.262 e. The third-order valence-corrected chi connectivity index (χ3v) is 4.22. The fourth-order valence-corrected chi connectivity index (χ4v) is 2.82. The molecule has 0 unspecified atom stereocenters. The summed E-state index contributed by atoms with van der Waals surface area (Å²) in [4.78, 5) is 12.2. The summed E-state index contributed by atoms with van der Waals surface area (Å²) in [5, 5.41) is 21.7. The van der Waals surface area contributed by atoms with Crippen LogP contribution in [0.1, 0.15) is 11.1 Å². The van der Waals surface area contributed by atoms with E-state index in [1.807, 2.05) is 18.2 Å². The Morgan fingerprint density at radius 2 is 2.08 bits per heavy atom. The van der Waals surface area contributed by atoms with Crippen molar-refractivity contribution in [2.75, 3.05) is 7.11 Å². The molecule has 5 nitrogen and oxygen atoms in total. The maximum absolute atomic E-state index is 12.2. The van der Waals surface area contributed by atoms with E-state index < -0.39 is 5.91 Å². The Morgan fingerprint density at radius 3 is 2.64 bits per heavy atom. The molecule has 128 valence electrons. The van der Waals surface area contributed by atoms with Crippen molar-refractivity contribution in [3.05, 3.63) is 62.6 Å². The first-order valence-electron chi connectivity index (χ1n) is 7.15. The predicted molar refractivity (Wildman–Crippen MR) is 99.2 cm³/mol. The molecule has 0 bridgehead atoms. The van der Waals surface area contributed by atoms with Gasteiger partial charge in [0.25, 0.3) is 5.91 Å². The number of hydrogen-bond donors (Lipinski definition) is 2. The van der Waals surface area contributed by atoms with Crippen molar-refractivity contribution in [1.82, 2.24) is 5.32 Å². The number of aromatic hydroxyl groups is 1. The van der Waals surface area contributed by atoms with Crippen LogP contribution in [0.3, 0.4) is 0 Å². The lowest BCUT2D eigenvalue weighted by Gasteiger charge is -2.06. The number of phenolic OH excluding ortho intramolecular Hbond substituents is 1. The summed E-state index contributed by atoms with van der Waals surface area (Å²) in [6.07, 6.45) is 1.40. The van der Waals surface area contributed by atoms with Crippen LogP contribution < -0.4 is 10.1 Å². The van der Waals surface area contributed by atoms with E-state index in [0.717, 1.165) is 11.3 Å². The summed E-state index contributed by atoms with van der Waals surface area (Å²) in [5.41, 5.74) is 1.33. The molecule has 2 aromatic rings. The number of nitrogens with one attached hydrogen (secondary N) is 1. The van der Waals surface area contributed by atoms with E-state index in [1.54, 1.807) is 25.3 Å². The second-order valence-electron chi connectivity index (χ2n) is 5.03. The summed E-state index contributed by atoms with van der Waals surface area (Å²) < 4.78 is 5.45. The number of nitrogens with zero attached hydrogens (tertiary/aromatic N) is 1. The van der Waals surface area contributed by atoms with Gasteiger partial charge in [-0.1, -0.05) is 23.7 Å². The Hall–Kier alpha value is -2.49. The normalized spacial score (nSPS) is 10.9. The molecule has 0 atom stereocenters.